The van der Waals surface area contributed by atoms with Crippen LogP contribution in [0.5, 0.6) is 17.2 Å². The number of hydrogen-bond donors (Lipinski definition) is 0. The molecule has 0 radical (unpaired) electrons. The monoisotopic (exact) mass is 494 g/mol. The maximum atomic E-state index is 13.9. The van der Waals surface area contributed by atoms with Gasteiger partial charge < -0.3 is 23.7 Å². The van der Waals surface area contributed by atoms with Crippen molar-refractivity contribution in [2.75, 3.05) is 32.8 Å². The van der Waals surface area contributed by atoms with Crippen LogP contribution in [0.25, 0.3) is 16.6 Å². The molecular formula is C27H24F2N2O5. The number of hydrogen-bond acceptors (Lipinski definition) is 5. The van der Waals surface area contributed by atoms with Crippen LogP contribution in [-0.2, 0) is 0 Å². The third-order valence-corrected chi connectivity index (χ3v) is 5.78. The molecule has 186 valence electrons. The van der Waals surface area contributed by atoms with Crippen molar-refractivity contribution in [2.24, 2.45) is 0 Å². The van der Waals surface area contributed by atoms with Gasteiger partial charge in [0.05, 0.1) is 32.5 Å². The van der Waals surface area contributed by atoms with E-state index in [1.165, 1.54) is 27.5 Å². The summed E-state index contributed by atoms with van der Waals surface area (Å²) < 4.78 is 45.6. The number of fused-ring (bicyclic) bond motifs is 1. The summed E-state index contributed by atoms with van der Waals surface area (Å²) in [6.45, 7) is 1.73. The zero-order valence-electron chi connectivity index (χ0n) is 20.2. The molecule has 0 atom stereocenters. The number of nitrogens with zero attached hydrogens (tertiary/aromatic N) is 2. The fraction of sp³-hybridized carbons (Fsp3) is 0.185. The summed E-state index contributed by atoms with van der Waals surface area (Å²) in [5, 5.41) is 0.255. The molecular weight excluding hydrogens is 470 g/mol. The highest BCUT2D eigenvalue weighted by Crippen LogP contribution is 2.29. The topological polar surface area (TPSA) is 70.0 Å². The van der Waals surface area contributed by atoms with Gasteiger partial charge in [-0.05, 0) is 31.2 Å². The number of ether oxygens (including phenoxy) is 3. The van der Waals surface area contributed by atoms with E-state index >= 15 is 0 Å². The van der Waals surface area contributed by atoms with E-state index in [0.29, 0.717) is 34.5 Å². The van der Waals surface area contributed by atoms with Crippen molar-refractivity contribution < 1.29 is 27.8 Å². The maximum absolute atomic E-state index is 13.9. The minimum atomic E-state index is -0.831. The van der Waals surface area contributed by atoms with Crippen LogP contribution in [0, 0.1) is 11.6 Å². The molecule has 0 aliphatic carbocycles. The molecule has 1 amide bonds. The minimum Gasteiger partial charge on any atom is -0.497 e. The standard InChI is InChI=1S/C27H24F2N2O5/c1-5-30(18-9-16(28)8-17(29)10-18)27(33)24-15-31(19-11-21(35-3)13-22(12-19)36-4)25-14-20(34-2)6-7-23(25)26(24)32/h6-15H,5H2,1-4H3. The summed E-state index contributed by atoms with van der Waals surface area (Å²) >= 11 is 0. The molecule has 3 aromatic carbocycles. The molecule has 1 aromatic heterocycles. The molecule has 4 aromatic rings. The Bertz CT molecular complexity index is 1470. The van der Waals surface area contributed by atoms with Crippen molar-refractivity contribution >= 4 is 22.5 Å². The molecule has 0 unspecified atom stereocenters. The largest absolute Gasteiger partial charge is 0.497 e. The Labute approximate surface area is 206 Å². The lowest BCUT2D eigenvalue weighted by Crippen LogP contribution is -2.35. The van der Waals surface area contributed by atoms with E-state index in [-0.39, 0.29) is 23.2 Å². The zero-order valence-corrected chi connectivity index (χ0v) is 20.2. The molecule has 1 heterocycles. The van der Waals surface area contributed by atoms with Gasteiger partial charge in [-0.1, -0.05) is 0 Å². The lowest BCUT2D eigenvalue weighted by Gasteiger charge is -2.22. The van der Waals surface area contributed by atoms with Crippen LogP contribution in [0.4, 0.5) is 14.5 Å². The Morgan fingerprint density at radius 2 is 1.47 bits per heavy atom. The summed E-state index contributed by atoms with van der Waals surface area (Å²) in [4.78, 5) is 28.2. The van der Waals surface area contributed by atoms with Crippen molar-refractivity contribution in [2.45, 2.75) is 6.92 Å². The number of carbonyl (C=O) groups is 1. The number of amides is 1. The second-order valence-electron chi connectivity index (χ2n) is 7.87. The summed E-state index contributed by atoms with van der Waals surface area (Å²) in [6.07, 6.45) is 1.40. The van der Waals surface area contributed by atoms with Crippen LogP contribution in [0.15, 0.2) is 65.6 Å². The fourth-order valence-electron chi connectivity index (χ4n) is 4.01. The lowest BCUT2D eigenvalue weighted by atomic mass is 10.1. The highest BCUT2D eigenvalue weighted by Gasteiger charge is 2.23. The van der Waals surface area contributed by atoms with Crippen molar-refractivity contribution in [3.63, 3.8) is 0 Å². The molecule has 0 saturated heterocycles. The summed E-state index contributed by atoms with van der Waals surface area (Å²) in [7, 11) is 4.53. The van der Waals surface area contributed by atoms with E-state index in [1.54, 1.807) is 47.9 Å². The van der Waals surface area contributed by atoms with E-state index in [2.05, 4.69) is 0 Å². The van der Waals surface area contributed by atoms with Gasteiger partial charge in [-0.2, -0.15) is 0 Å². The number of pyridine rings is 1. The summed E-state index contributed by atoms with van der Waals surface area (Å²) in [5.41, 5.74) is 0.327. The molecule has 4 rings (SSSR count). The first-order valence-corrected chi connectivity index (χ1v) is 11.0. The number of halogens is 2. The average Bonchev–Trinajstić information content (AvgIpc) is 2.88. The van der Waals surface area contributed by atoms with Crippen molar-refractivity contribution in [3.05, 3.63) is 88.2 Å². The van der Waals surface area contributed by atoms with Crippen LogP contribution in [0.3, 0.4) is 0 Å². The zero-order chi connectivity index (χ0) is 26.0. The number of benzene rings is 3. The summed E-state index contributed by atoms with van der Waals surface area (Å²) in [5.74, 6) is -0.857. The SMILES string of the molecule is CCN(C(=O)c1cn(-c2cc(OC)cc(OC)c2)c2cc(OC)ccc2c1=O)c1cc(F)cc(F)c1. The fourth-order valence-corrected chi connectivity index (χ4v) is 4.01. The van der Waals surface area contributed by atoms with Crippen LogP contribution >= 0.6 is 0 Å². The average molecular weight is 494 g/mol. The van der Waals surface area contributed by atoms with Gasteiger partial charge in [0.2, 0.25) is 5.43 Å². The van der Waals surface area contributed by atoms with E-state index in [4.69, 9.17) is 14.2 Å². The number of anilines is 1. The van der Waals surface area contributed by atoms with Gasteiger partial charge in [0.25, 0.3) is 5.91 Å². The van der Waals surface area contributed by atoms with Gasteiger partial charge in [-0.15, -0.1) is 0 Å². The first kappa shape index (κ1) is 24.7. The Kier molecular flexibility index (Phi) is 6.91. The van der Waals surface area contributed by atoms with Crippen molar-refractivity contribution in [3.8, 4) is 22.9 Å². The first-order chi connectivity index (χ1) is 17.3. The molecule has 0 fully saturated rings. The minimum absolute atomic E-state index is 0.00354. The van der Waals surface area contributed by atoms with E-state index in [1.807, 2.05) is 0 Å². The summed E-state index contributed by atoms with van der Waals surface area (Å²) in [6, 6.07) is 12.8. The van der Waals surface area contributed by atoms with Gasteiger partial charge >= 0.3 is 0 Å². The van der Waals surface area contributed by atoms with Crippen LogP contribution in [-0.4, -0.2) is 38.3 Å². The highest BCUT2D eigenvalue weighted by atomic mass is 19.1. The predicted octanol–water partition coefficient (Wildman–Crippen LogP) is 4.96. The smallest absolute Gasteiger partial charge is 0.263 e. The van der Waals surface area contributed by atoms with Crippen molar-refractivity contribution in [1.82, 2.24) is 4.57 Å². The Morgan fingerprint density at radius 1 is 0.861 bits per heavy atom. The van der Waals surface area contributed by atoms with Crippen LogP contribution in [0.1, 0.15) is 17.3 Å². The van der Waals surface area contributed by atoms with Gasteiger partial charge in [-0.25, -0.2) is 8.78 Å². The number of carbonyl (C=O) groups excluding carboxylic acids is 1. The molecule has 7 nitrogen and oxygen atoms in total. The Morgan fingerprint density at radius 3 is 2.03 bits per heavy atom. The van der Waals surface area contributed by atoms with E-state index in [0.717, 1.165) is 17.0 Å². The number of rotatable bonds is 7. The van der Waals surface area contributed by atoms with Crippen LogP contribution in [0.2, 0.25) is 0 Å². The first-order valence-electron chi connectivity index (χ1n) is 11.0. The third kappa shape index (κ3) is 4.59. The normalized spacial score (nSPS) is 10.8. The maximum Gasteiger partial charge on any atom is 0.263 e. The lowest BCUT2D eigenvalue weighted by molar-refractivity contribution is 0.0987. The molecule has 0 spiro atoms. The van der Waals surface area contributed by atoms with Crippen molar-refractivity contribution in [1.29, 1.82) is 0 Å². The van der Waals surface area contributed by atoms with Gasteiger partial charge in [0.1, 0.15) is 34.4 Å². The third-order valence-electron chi connectivity index (χ3n) is 5.78. The van der Waals surface area contributed by atoms with Crippen LogP contribution < -0.4 is 24.5 Å². The number of aromatic nitrogens is 1. The molecule has 0 bridgehead atoms. The van der Waals surface area contributed by atoms with E-state index in [9.17, 15) is 18.4 Å². The quantitative estimate of drug-likeness (QED) is 0.363. The predicted molar refractivity (Wildman–Crippen MR) is 133 cm³/mol. The molecule has 36 heavy (non-hydrogen) atoms. The Balaban J connectivity index is 1.99. The molecule has 0 saturated carbocycles. The Hall–Kier alpha value is -4.40. The van der Waals surface area contributed by atoms with Gasteiger partial charge in [-0.3, -0.25) is 9.59 Å². The second kappa shape index (κ2) is 10.1. The number of methoxy groups -OCH3 is 3. The van der Waals surface area contributed by atoms with Gasteiger partial charge in [0.15, 0.2) is 0 Å². The molecule has 0 aliphatic heterocycles. The highest BCUT2D eigenvalue weighted by molar-refractivity contribution is 6.07. The molecule has 9 heteroatoms. The van der Waals surface area contributed by atoms with Gasteiger partial charge in [0, 0.05) is 54.1 Å². The molecule has 0 N–H and O–H groups in total. The van der Waals surface area contributed by atoms with E-state index < -0.39 is 23.0 Å². The molecule has 0 aliphatic rings. The second-order valence-corrected chi connectivity index (χ2v) is 7.87.